The number of H-pyrrole nitrogens is 1. The van der Waals surface area contributed by atoms with Crippen molar-refractivity contribution in [3.8, 4) is 0 Å². The molecule has 1 saturated heterocycles. The summed E-state index contributed by atoms with van der Waals surface area (Å²) in [5.74, 6) is 0.238. The van der Waals surface area contributed by atoms with E-state index in [2.05, 4.69) is 15.5 Å². The normalized spacial score (nSPS) is 18.1. The standard InChI is InChI=1S/C20H24N4O2/c1-13-15(14(2)23-22-13)7-8-18(25)24-11-9-20(10-12-24)16-5-3-4-6-17(16)21-19(20)26/h3-6H,7-12H2,1-2H3,(H,21,26)(H,22,23). The molecular formula is C20H24N4O2. The number of carbonyl (C=O) groups is 2. The van der Waals surface area contributed by atoms with E-state index in [4.69, 9.17) is 0 Å². The molecular weight excluding hydrogens is 328 g/mol. The smallest absolute Gasteiger partial charge is 0.235 e. The van der Waals surface area contributed by atoms with Crippen LogP contribution in [-0.2, 0) is 21.4 Å². The number of nitrogens with zero attached hydrogens (tertiary/aromatic N) is 2. The van der Waals surface area contributed by atoms with Gasteiger partial charge in [-0.1, -0.05) is 18.2 Å². The number of para-hydroxylation sites is 1. The molecule has 0 aliphatic carbocycles. The van der Waals surface area contributed by atoms with E-state index >= 15 is 0 Å². The van der Waals surface area contributed by atoms with Gasteiger partial charge >= 0.3 is 0 Å². The van der Waals surface area contributed by atoms with Crippen molar-refractivity contribution in [1.82, 2.24) is 15.1 Å². The van der Waals surface area contributed by atoms with Crippen LogP contribution in [0, 0.1) is 13.8 Å². The SMILES string of the molecule is Cc1n[nH]c(C)c1CCC(=O)N1CCC2(CC1)C(=O)Nc1ccccc12. The van der Waals surface area contributed by atoms with Gasteiger partial charge in [-0.05, 0) is 50.3 Å². The summed E-state index contributed by atoms with van der Waals surface area (Å²) in [5, 5.41) is 10.2. The second-order valence-electron chi connectivity index (χ2n) is 7.38. The number of hydrogen-bond donors (Lipinski definition) is 2. The highest BCUT2D eigenvalue weighted by molar-refractivity contribution is 6.06. The highest BCUT2D eigenvalue weighted by Crippen LogP contribution is 2.44. The zero-order chi connectivity index (χ0) is 18.3. The summed E-state index contributed by atoms with van der Waals surface area (Å²) in [7, 11) is 0. The van der Waals surface area contributed by atoms with Crippen LogP contribution >= 0.6 is 0 Å². The van der Waals surface area contributed by atoms with Gasteiger partial charge in [0.2, 0.25) is 11.8 Å². The maximum absolute atomic E-state index is 12.6. The van der Waals surface area contributed by atoms with E-state index in [1.165, 1.54) is 0 Å². The lowest BCUT2D eigenvalue weighted by Crippen LogP contribution is -2.48. The minimum Gasteiger partial charge on any atom is -0.343 e. The number of carbonyl (C=O) groups excluding carboxylic acids is 2. The molecule has 2 aliphatic rings. The minimum absolute atomic E-state index is 0.0791. The van der Waals surface area contributed by atoms with Crippen LogP contribution in [0.4, 0.5) is 5.69 Å². The zero-order valence-corrected chi connectivity index (χ0v) is 15.3. The van der Waals surface area contributed by atoms with Crippen LogP contribution in [0.25, 0.3) is 0 Å². The van der Waals surface area contributed by atoms with Gasteiger partial charge in [0, 0.05) is 30.9 Å². The summed E-state index contributed by atoms with van der Waals surface area (Å²) in [6.07, 6.45) is 2.56. The molecule has 0 unspecified atom stereocenters. The van der Waals surface area contributed by atoms with Crippen LogP contribution < -0.4 is 5.32 Å². The van der Waals surface area contributed by atoms with Crippen LogP contribution in [0.2, 0.25) is 0 Å². The number of aromatic nitrogens is 2. The summed E-state index contributed by atoms with van der Waals surface area (Å²) in [4.78, 5) is 27.2. The van der Waals surface area contributed by atoms with Gasteiger partial charge in [0.1, 0.15) is 0 Å². The Hall–Kier alpha value is -2.63. The Kier molecular flexibility index (Phi) is 4.05. The molecule has 1 aromatic heterocycles. The van der Waals surface area contributed by atoms with Crippen LogP contribution in [-0.4, -0.2) is 40.0 Å². The van der Waals surface area contributed by atoms with Crippen molar-refractivity contribution in [2.75, 3.05) is 18.4 Å². The first-order valence-electron chi connectivity index (χ1n) is 9.20. The minimum atomic E-state index is -0.467. The Bertz CT molecular complexity index is 843. The Labute approximate surface area is 153 Å². The number of hydrogen-bond acceptors (Lipinski definition) is 3. The maximum Gasteiger partial charge on any atom is 0.235 e. The molecule has 0 bridgehead atoms. The Morgan fingerprint density at radius 2 is 1.96 bits per heavy atom. The fourth-order valence-electron chi connectivity index (χ4n) is 4.34. The Morgan fingerprint density at radius 1 is 1.23 bits per heavy atom. The van der Waals surface area contributed by atoms with Gasteiger partial charge in [-0.15, -0.1) is 0 Å². The lowest BCUT2D eigenvalue weighted by Gasteiger charge is -2.38. The van der Waals surface area contributed by atoms with E-state index in [1.807, 2.05) is 43.0 Å². The third-order valence-corrected chi connectivity index (χ3v) is 5.96. The van der Waals surface area contributed by atoms with Crippen molar-refractivity contribution >= 4 is 17.5 Å². The molecule has 2 amide bonds. The van der Waals surface area contributed by atoms with E-state index in [9.17, 15) is 9.59 Å². The van der Waals surface area contributed by atoms with Gasteiger partial charge < -0.3 is 10.2 Å². The molecule has 0 atom stereocenters. The van der Waals surface area contributed by atoms with Crippen LogP contribution in [0.1, 0.15) is 41.8 Å². The number of piperidine rings is 1. The topological polar surface area (TPSA) is 78.1 Å². The van der Waals surface area contributed by atoms with Crippen LogP contribution in [0.3, 0.4) is 0 Å². The fourth-order valence-corrected chi connectivity index (χ4v) is 4.34. The number of nitrogens with one attached hydrogen (secondary N) is 2. The van der Waals surface area contributed by atoms with Crippen molar-refractivity contribution < 1.29 is 9.59 Å². The Balaban J connectivity index is 1.41. The number of aryl methyl sites for hydroxylation is 2. The van der Waals surface area contributed by atoms with E-state index in [1.54, 1.807) is 0 Å². The number of likely N-dealkylation sites (tertiary alicyclic amines) is 1. The molecule has 1 fully saturated rings. The first kappa shape index (κ1) is 16.8. The van der Waals surface area contributed by atoms with Crippen molar-refractivity contribution in [3.63, 3.8) is 0 Å². The molecule has 1 aromatic carbocycles. The molecule has 2 aromatic rings. The fraction of sp³-hybridized carbons (Fsp3) is 0.450. The first-order valence-corrected chi connectivity index (χ1v) is 9.20. The summed E-state index contributed by atoms with van der Waals surface area (Å²) >= 11 is 0. The first-order chi connectivity index (χ1) is 12.5. The molecule has 26 heavy (non-hydrogen) atoms. The predicted molar refractivity (Wildman–Crippen MR) is 98.9 cm³/mol. The summed E-state index contributed by atoms with van der Waals surface area (Å²) < 4.78 is 0. The van der Waals surface area contributed by atoms with E-state index in [0.717, 1.165) is 28.2 Å². The lowest BCUT2D eigenvalue weighted by atomic mass is 9.73. The van der Waals surface area contributed by atoms with Gasteiger partial charge in [-0.25, -0.2) is 0 Å². The number of rotatable bonds is 3. The van der Waals surface area contributed by atoms with Gasteiger partial charge in [0.05, 0.1) is 11.1 Å². The molecule has 6 nitrogen and oxygen atoms in total. The monoisotopic (exact) mass is 352 g/mol. The second-order valence-corrected chi connectivity index (χ2v) is 7.38. The Morgan fingerprint density at radius 3 is 2.65 bits per heavy atom. The van der Waals surface area contributed by atoms with Crippen LogP contribution in [0.5, 0.6) is 0 Å². The molecule has 6 heteroatoms. The predicted octanol–water partition coefficient (Wildman–Crippen LogP) is 2.47. The quantitative estimate of drug-likeness (QED) is 0.891. The van der Waals surface area contributed by atoms with Gasteiger partial charge in [0.15, 0.2) is 0 Å². The largest absolute Gasteiger partial charge is 0.343 e. The summed E-state index contributed by atoms with van der Waals surface area (Å²) in [6, 6.07) is 7.91. The summed E-state index contributed by atoms with van der Waals surface area (Å²) in [6.45, 7) is 5.21. The van der Waals surface area contributed by atoms with E-state index in [0.29, 0.717) is 38.8 Å². The molecule has 3 heterocycles. The zero-order valence-electron chi connectivity index (χ0n) is 15.3. The maximum atomic E-state index is 12.6. The molecule has 4 rings (SSSR count). The number of fused-ring (bicyclic) bond motifs is 2. The van der Waals surface area contributed by atoms with E-state index < -0.39 is 5.41 Å². The molecule has 2 N–H and O–H groups in total. The van der Waals surface area contributed by atoms with Crippen LogP contribution in [0.15, 0.2) is 24.3 Å². The molecule has 0 radical (unpaired) electrons. The molecule has 2 aliphatic heterocycles. The van der Waals surface area contributed by atoms with Crippen molar-refractivity contribution in [2.24, 2.45) is 0 Å². The van der Waals surface area contributed by atoms with Gasteiger partial charge in [-0.3, -0.25) is 14.7 Å². The van der Waals surface area contributed by atoms with Crippen molar-refractivity contribution in [1.29, 1.82) is 0 Å². The molecule has 1 spiro atoms. The third-order valence-electron chi connectivity index (χ3n) is 5.96. The molecule has 136 valence electrons. The summed E-state index contributed by atoms with van der Waals surface area (Å²) in [5.41, 5.74) is 4.67. The highest BCUT2D eigenvalue weighted by atomic mass is 16.2. The van der Waals surface area contributed by atoms with Crippen molar-refractivity contribution in [2.45, 2.75) is 44.9 Å². The number of benzene rings is 1. The second kappa shape index (κ2) is 6.27. The third kappa shape index (κ3) is 2.60. The lowest BCUT2D eigenvalue weighted by molar-refractivity contribution is -0.135. The van der Waals surface area contributed by atoms with Gasteiger partial charge in [0.25, 0.3) is 0 Å². The average molecular weight is 352 g/mol. The van der Waals surface area contributed by atoms with Crippen molar-refractivity contribution in [3.05, 3.63) is 46.8 Å². The number of amides is 2. The average Bonchev–Trinajstić information content (AvgIpc) is 3.11. The van der Waals surface area contributed by atoms with E-state index in [-0.39, 0.29) is 11.8 Å². The van der Waals surface area contributed by atoms with Gasteiger partial charge in [-0.2, -0.15) is 5.10 Å². The number of anilines is 1. The highest BCUT2D eigenvalue weighted by Gasteiger charge is 2.48. The number of aromatic amines is 1. The molecule has 0 saturated carbocycles.